The van der Waals surface area contributed by atoms with E-state index in [1.807, 2.05) is 0 Å². The summed E-state index contributed by atoms with van der Waals surface area (Å²) in [5.74, 6) is 2.60. The molecule has 2 aliphatic heterocycles. The molecule has 1 aromatic carbocycles. The molecule has 0 unspecified atom stereocenters. The summed E-state index contributed by atoms with van der Waals surface area (Å²) in [6.07, 6.45) is 15.0. The van der Waals surface area contributed by atoms with E-state index in [2.05, 4.69) is 11.8 Å². The summed E-state index contributed by atoms with van der Waals surface area (Å²) < 4.78 is 20.3. The Kier molecular flexibility index (Phi) is 9.89. The average Bonchev–Trinajstić information content (AvgIpc) is 3.56. The summed E-state index contributed by atoms with van der Waals surface area (Å²) in [5, 5.41) is 0. The quantitative estimate of drug-likeness (QED) is 0.269. The van der Waals surface area contributed by atoms with E-state index >= 15 is 0 Å². The minimum atomic E-state index is -0.660. The summed E-state index contributed by atoms with van der Waals surface area (Å²) in [4.78, 5) is 49.1. The molecule has 0 aliphatic carbocycles. The maximum absolute atomic E-state index is 12.2. The molecule has 0 radical (unpaired) electrons. The largest absolute Gasteiger partial charge is 0.465 e. The lowest BCUT2D eigenvalue weighted by Gasteiger charge is -2.08. The van der Waals surface area contributed by atoms with Crippen LogP contribution in [0.2, 0.25) is 0 Å². The highest BCUT2D eigenvalue weighted by molar-refractivity contribution is 8.30. The van der Waals surface area contributed by atoms with Crippen molar-refractivity contribution in [3.05, 3.63) is 62.5 Å². The fourth-order valence-electron chi connectivity index (χ4n) is 3.03. The van der Waals surface area contributed by atoms with E-state index in [0.717, 1.165) is 47.0 Å². The van der Waals surface area contributed by atoms with E-state index in [4.69, 9.17) is 31.8 Å². The van der Waals surface area contributed by atoms with Crippen LogP contribution in [0.3, 0.4) is 0 Å². The van der Waals surface area contributed by atoms with Crippen molar-refractivity contribution >= 4 is 83.1 Å². The molecule has 0 fully saturated rings. The van der Waals surface area contributed by atoms with Gasteiger partial charge in [-0.3, -0.25) is 0 Å². The van der Waals surface area contributed by atoms with Gasteiger partial charge in [-0.2, -0.15) is 0 Å². The number of rotatable bonds is 6. The Bertz CT molecular complexity index is 1280. The minimum absolute atomic E-state index is 0.113. The molecule has 0 bridgehead atoms. The number of carbonyl (C=O) groups excluding carboxylic acids is 4. The molecule has 0 amide bonds. The summed E-state index contributed by atoms with van der Waals surface area (Å²) in [7, 11) is 4.88. The second-order valence-corrected chi connectivity index (χ2v) is 11.7. The average molecular weight is 587 g/mol. The molecule has 38 heavy (non-hydrogen) atoms. The molecule has 0 aromatic heterocycles. The summed E-state index contributed by atoms with van der Waals surface area (Å²) in [6.45, 7) is 0. The van der Waals surface area contributed by atoms with Crippen molar-refractivity contribution in [1.82, 2.24) is 0 Å². The van der Waals surface area contributed by atoms with Crippen molar-refractivity contribution in [3.63, 3.8) is 0 Å². The molecule has 12 heteroatoms. The van der Waals surface area contributed by atoms with Gasteiger partial charge in [-0.05, 0) is 35.4 Å². The number of thioether (sulfide) groups is 4. The molecule has 1 aromatic rings. The molecule has 2 heterocycles. The van der Waals surface area contributed by atoms with Gasteiger partial charge < -0.3 is 18.9 Å². The molecule has 0 saturated heterocycles. The smallest absolute Gasteiger partial charge is 0.346 e. The van der Waals surface area contributed by atoms with Crippen LogP contribution in [0.1, 0.15) is 22.3 Å². The number of hydrogen-bond donors (Lipinski definition) is 0. The lowest BCUT2D eigenvalue weighted by Crippen LogP contribution is -2.08. The number of benzene rings is 1. The fourth-order valence-corrected chi connectivity index (χ4v) is 7.78. The van der Waals surface area contributed by atoms with Gasteiger partial charge in [-0.1, -0.05) is 58.9 Å². The predicted octanol–water partition coefficient (Wildman–Crippen LogP) is 4.32. The van der Waals surface area contributed by atoms with E-state index < -0.39 is 23.9 Å². The molecule has 0 N–H and O–H groups in total. The van der Waals surface area contributed by atoms with Gasteiger partial charge in [0.1, 0.15) is 19.6 Å². The van der Waals surface area contributed by atoms with E-state index in [1.54, 1.807) is 24.3 Å². The third-order valence-corrected chi connectivity index (χ3v) is 9.62. The first-order valence-corrected chi connectivity index (χ1v) is 13.6. The Morgan fingerprint density at radius 1 is 0.605 bits per heavy atom. The number of hydrogen-bond acceptors (Lipinski definition) is 12. The van der Waals surface area contributed by atoms with E-state index in [-0.39, 0.29) is 19.6 Å². The Labute approximate surface area is 236 Å². The molecule has 0 spiro atoms. The van der Waals surface area contributed by atoms with Crippen LogP contribution in [-0.4, -0.2) is 52.3 Å². The van der Waals surface area contributed by atoms with Crippen molar-refractivity contribution in [2.45, 2.75) is 0 Å². The highest BCUT2D eigenvalue weighted by Gasteiger charge is 2.33. The Balaban J connectivity index is 1.99. The van der Waals surface area contributed by atoms with Gasteiger partial charge in [0.2, 0.25) is 0 Å². The van der Waals surface area contributed by atoms with Crippen LogP contribution in [0.4, 0.5) is 0 Å². The minimum Gasteiger partial charge on any atom is -0.465 e. The Morgan fingerprint density at radius 2 is 0.868 bits per heavy atom. The maximum atomic E-state index is 12.2. The summed E-state index contributed by atoms with van der Waals surface area (Å²) in [5.41, 5.74) is 2.14. The normalized spacial score (nSPS) is 14.5. The highest BCUT2D eigenvalue weighted by atomic mass is 32.2. The third-order valence-electron chi connectivity index (χ3n) is 4.79. The Morgan fingerprint density at radius 3 is 1.08 bits per heavy atom. The van der Waals surface area contributed by atoms with Crippen LogP contribution in [0.15, 0.2) is 40.2 Å². The zero-order valence-corrected chi connectivity index (χ0v) is 23.6. The van der Waals surface area contributed by atoms with Gasteiger partial charge in [-0.25, -0.2) is 19.2 Å². The van der Waals surface area contributed by atoms with Gasteiger partial charge in [0.05, 0.1) is 36.9 Å². The van der Waals surface area contributed by atoms with Crippen LogP contribution in [-0.2, 0) is 38.1 Å². The van der Waals surface area contributed by atoms with Gasteiger partial charge in [0, 0.05) is 11.1 Å². The zero-order valence-electron chi connectivity index (χ0n) is 20.4. The van der Waals surface area contributed by atoms with Crippen molar-refractivity contribution in [3.8, 4) is 24.7 Å². The second-order valence-electron chi connectivity index (χ2n) is 6.93. The van der Waals surface area contributed by atoms with Gasteiger partial charge in [0.25, 0.3) is 0 Å². The number of terminal acetylenes is 2. The number of carbonyl (C=O) groups is 4. The van der Waals surface area contributed by atoms with E-state index in [9.17, 15) is 19.2 Å². The topological polar surface area (TPSA) is 105 Å². The standard InChI is InChI=1S/C26H18O8S4/c1-7-13-9-16(12-18-37-21(25(29)33-5)22(38-18)26(30)34-6)14(8-2)10-15(13)11-17-35-19(23(27)31-3)20(36-17)24(28)32-4/h1-2,9-12H,3-6H3. The molecule has 0 atom stereocenters. The van der Waals surface area contributed by atoms with Crippen LogP contribution < -0.4 is 0 Å². The number of esters is 4. The van der Waals surface area contributed by atoms with Crippen LogP contribution in [0.25, 0.3) is 12.2 Å². The molecule has 8 nitrogen and oxygen atoms in total. The van der Waals surface area contributed by atoms with Crippen molar-refractivity contribution < 1.29 is 38.1 Å². The molecule has 194 valence electrons. The van der Waals surface area contributed by atoms with E-state index in [0.29, 0.717) is 30.7 Å². The maximum Gasteiger partial charge on any atom is 0.346 e. The number of ether oxygens (including phenoxy) is 4. The van der Waals surface area contributed by atoms with Gasteiger partial charge in [-0.15, -0.1) is 12.8 Å². The first-order chi connectivity index (χ1) is 18.2. The van der Waals surface area contributed by atoms with Crippen molar-refractivity contribution in [2.75, 3.05) is 28.4 Å². The Hall–Kier alpha value is -3.42. The first-order valence-electron chi connectivity index (χ1n) is 10.3. The SMILES string of the molecule is C#Cc1cc(C=C2SC(C(=O)OC)=C(C(=O)OC)S2)c(C#C)cc1C=C1SC(C(=O)OC)=C(C(=O)OC)S1. The van der Waals surface area contributed by atoms with Crippen molar-refractivity contribution in [1.29, 1.82) is 0 Å². The highest BCUT2D eigenvalue weighted by Crippen LogP contribution is 2.52. The van der Waals surface area contributed by atoms with Gasteiger partial charge >= 0.3 is 23.9 Å². The second kappa shape index (κ2) is 12.9. The molecule has 3 rings (SSSR count). The summed E-state index contributed by atoms with van der Waals surface area (Å²) in [6, 6.07) is 3.40. The van der Waals surface area contributed by atoms with Gasteiger partial charge in [0.15, 0.2) is 0 Å². The predicted molar refractivity (Wildman–Crippen MR) is 151 cm³/mol. The first kappa shape index (κ1) is 29.1. The van der Waals surface area contributed by atoms with Crippen LogP contribution in [0.5, 0.6) is 0 Å². The molecular weight excluding hydrogens is 569 g/mol. The lowest BCUT2D eigenvalue weighted by molar-refractivity contribution is -0.138. The number of methoxy groups -OCH3 is 4. The lowest BCUT2D eigenvalue weighted by atomic mass is 9.99. The zero-order chi connectivity index (χ0) is 28.0. The van der Waals surface area contributed by atoms with Crippen LogP contribution >= 0.6 is 47.0 Å². The molecular formula is C26H18O8S4. The summed E-state index contributed by atoms with van der Waals surface area (Å²) >= 11 is 4.24. The molecule has 0 saturated carbocycles. The van der Waals surface area contributed by atoms with Crippen molar-refractivity contribution in [2.24, 2.45) is 0 Å². The fraction of sp³-hybridized carbons (Fsp3) is 0.154. The van der Waals surface area contributed by atoms with Crippen LogP contribution in [0, 0.1) is 24.7 Å². The molecule has 2 aliphatic rings. The van der Waals surface area contributed by atoms with E-state index in [1.165, 1.54) is 28.4 Å². The third kappa shape index (κ3) is 6.17. The monoisotopic (exact) mass is 586 g/mol.